The molecule has 0 fully saturated rings. The number of carbonyl (C=O) groups excluding carboxylic acids is 1. The van der Waals surface area contributed by atoms with Crippen LogP contribution in [0.3, 0.4) is 0 Å². The average Bonchev–Trinajstić information content (AvgIpc) is 2.26. The zero-order valence-electron chi connectivity index (χ0n) is 10.2. The van der Waals surface area contributed by atoms with Gasteiger partial charge in [-0.25, -0.2) is 0 Å². The number of hydrogen-bond acceptors (Lipinski definition) is 2. The van der Waals surface area contributed by atoms with Gasteiger partial charge in [0, 0.05) is 0 Å². The van der Waals surface area contributed by atoms with Crippen LogP contribution in [0, 0.1) is 5.92 Å². The Bertz CT molecular complexity index is 160. The van der Waals surface area contributed by atoms with Gasteiger partial charge in [-0.05, 0) is 0 Å². The van der Waals surface area contributed by atoms with E-state index in [1.54, 1.807) is 0 Å². The van der Waals surface area contributed by atoms with Gasteiger partial charge in [-0.3, -0.25) is 0 Å². The standard InChI is InChI=1S/C12H24IO2/c1-4-7-8-11(6-3)10-15-12(14)13-9-5-2/h11H,4-10H2,1-3H3/q-1. The Balaban J connectivity index is 3.55. The van der Waals surface area contributed by atoms with Gasteiger partial charge in [0.15, 0.2) is 0 Å². The van der Waals surface area contributed by atoms with E-state index in [0.29, 0.717) is 12.5 Å². The second-order valence-electron chi connectivity index (χ2n) is 3.79. The summed E-state index contributed by atoms with van der Waals surface area (Å²) in [6.07, 6.45) is 5.91. The third kappa shape index (κ3) is 9.15. The number of hydrogen-bond donors (Lipinski definition) is 0. The molecule has 0 spiro atoms. The Labute approximate surface area is 104 Å². The number of ether oxygens (including phenoxy) is 1. The molecule has 15 heavy (non-hydrogen) atoms. The van der Waals surface area contributed by atoms with Crippen LogP contribution in [0.25, 0.3) is 0 Å². The SMILES string of the molecule is CCCCC(CC)COC(=O)[I-]CCC. The van der Waals surface area contributed by atoms with Crippen LogP contribution in [0.15, 0.2) is 0 Å². The molecule has 0 aromatic carbocycles. The molecular weight excluding hydrogens is 303 g/mol. The molecule has 0 aromatic heterocycles. The first kappa shape index (κ1) is 15.2. The third-order valence-corrected chi connectivity index (χ3v) is 4.92. The van der Waals surface area contributed by atoms with Gasteiger partial charge in [-0.15, -0.1) is 0 Å². The van der Waals surface area contributed by atoms with Crippen molar-refractivity contribution in [3.63, 3.8) is 0 Å². The normalized spacial score (nSPS) is 12.7. The van der Waals surface area contributed by atoms with Crippen LogP contribution in [0.2, 0.25) is 0 Å². The van der Waals surface area contributed by atoms with Crippen LogP contribution in [0.5, 0.6) is 0 Å². The van der Waals surface area contributed by atoms with Crippen LogP contribution in [-0.2, 0) is 4.74 Å². The van der Waals surface area contributed by atoms with Crippen molar-refractivity contribution < 1.29 is 30.7 Å². The molecule has 0 saturated carbocycles. The summed E-state index contributed by atoms with van der Waals surface area (Å²) >= 11 is -0.350. The van der Waals surface area contributed by atoms with Crippen LogP contribution < -0.4 is 21.2 Å². The molecule has 1 unspecified atom stereocenters. The number of alkyl halides is 1. The Morgan fingerprint density at radius 3 is 2.53 bits per heavy atom. The topological polar surface area (TPSA) is 26.3 Å². The second kappa shape index (κ2) is 10.7. The van der Waals surface area contributed by atoms with E-state index in [9.17, 15) is 4.79 Å². The third-order valence-electron chi connectivity index (χ3n) is 2.37. The van der Waals surface area contributed by atoms with Crippen molar-refractivity contribution in [2.24, 2.45) is 5.92 Å². The predicted octanol–water partition coefficient (Wildman–Crippen LogP) is 0.838. The van der Waals surface area contributed by atoms with E-state index in [0.717, 1.165) is 17.3 Å². The molecule has 0 rings (SSSR count). The van der Waals surface area contributed by atoms with Gasteiger partial charge in [-0.2, -0.15) is 0 Å². The summed E-state index contributed by atoms with van der Waals surface area (Å²) in [6.45, 7) is 7.14. The van der Waals surface area contributed by atoms with E-state index < -0.39 is 0 Å². The monoisotopic (exact) mass is 327 g/mol. The minimum atomic E-state index is -0.350. The molecule has 0 radical (unpaired) electrons. The van der Waals surface area contributed by atoms with Crippen LogP contribution in [-0.4, -0.2) is 15.0 Å². The number of unbranched alkanes of at least 4 members (excludes halogenated alkanes) is 1. The first-order valence-corrected chi connectivity index (χ1v) is 8.60. The molecule has 92 valence electrons. The van der Waals surface area contributed by atoms with Gasteiger partial charge in [-0.1, -0.05) is 0 Å². The zero-order chi connectivity index (χ0) is 11.5. The van der Waals surface area contributed by atoms with Crippen molar-refractivity contribution in [2.45, 2.75) is 52.9 Å². The molecule has 1 atom stereocenters. The van der Waals surface area contributed by atoms with E-state index in [2.05, 4.69) is 20.8 Å². The van der Waals surface area contributed by atoms with Crippen LogP contribution >= 0.6 is 0 Å². The zero-order valence-corrected chi connectivity index (χ0v) is 12.4. The summed E-state index contributed by atoms with van der Waals surface area (Å²) in [5.41, 5.74) is 0. The van der Waals surface area contributed by atoms with Crippen molar-refractivity contribution >= 4 is 3.98 Å². The average molecular weight is 327 g/mol. The molecule has 0 aromatic rings. The van der Waals surface area contributed by atoms with Crippen LogP contribution in [0.4, 0.5) is 4.79 Å². The Morgan fingerprint density at radius 1 is 1.27 bits per heavy atom. The molecule has 0 bridgehead atoms. The minimum absolute atomic E-state index is 0.0885. The van der Waals surface area contributed by atoms with Crippen molar-refractivity contribution in [3.05, 3.63) is 0 Å². The maximum atomic E-state index is 11.3. The Kier molecular flexibility index (Phi) is 10.9. The van der Waals surface area contributed by atoms with E-state index in [1.165, 1.54) is 19.3 Å². The van der Waals surface area contributed by atoms with Crippen molar-refractivity contribution in [2.75, 3.05) is 11.0 Å². The molecule has 2 nitrogen and oxygen atoms in total. The molecule has 3 heteroatoms. The molecule has 0 N–H and O–H groups in total. The summed E-state index contributed by atoms with van der Waals surface area (Å²) in [7, 11) is 0. The maximum absolute atomic E-state index is 11.3. The second-order valence-corrected chi connectivity index (χ2v) is 6.51. The number of carbonyl (C=O) groups is 1. The van der Waals surface area contributed by atoms with Gasteiger partial charge in [0.1, 0.15) is 0 Å². The predicted molar refractivity (Wildman–Crippen MR) is 59.8 cm³/mol. The first-order valence-electron chi connectivity index (χ1n) is 6.00. The van der Waals surface area contributed by atoms with Crippen molar-refractivity contribution in [3.8, 4) is 0 Å². The molecule has 0 heterocycles. The fourth-order valence-electron chi connectivity index (χ4n) is 1.29. The van der Waals surface area contributed by atoms with Gasteiger partial charge in [0.25, 0.3) is 0 Å². The Hall–Kier alpha value is 0.200. The first-order chi connectivity index (χ1) is 7.24. The van der Waals surface area contributed by atoms with Gasteiger partial charge in [0.05, 0.1) is 0 Å². The summed E-state index contributed by atoms with van der Waals surface area (Å²) in [6, 6.07) is 0. The van der Waals surface area contributed by atoms with E-state index in [4.69, 9.17) is 4.74 Å². The summed E-state index contributed by atoms with van der Waals surface area (Å²) in [5.74, 6) is 0.583. The van der Waals surface area contributed by atoms with Crippen LogP contribution in [0.1, 0.15) is 52.9 Å². The summed E-state index contributed by atoms with van der Waals surface area (Å²) in [4.78, 5) is 11.3. The molecule has 0 amide bonds. The molecule has 0 aliphatic rings. The quantitative estimate of drug-likeness (QED) is 0.356. The van der Waals surface area contributed by atoms with E-state index in [1.807, 2.05) is 0 Å². The van der Waals surface area contributed by atoms with E-state index in [-0.39, 0.29) is 25.2 Å². The molecule has 0 aliphatic carbocycles. The van der Waals surface area contributed by atoms with Gasteiger partial charge >= 0.3 is 105 Å². The molecule has 0 saturated heterocycles. The summed E-state index contributed by atoms with van der Waals surface area (Å²) in [5, 5.41) is 0. The summed E-state index contributed by atoms with van der Waals surface area (Å²) < 4.78 is 6.45. The fourth-order valence-corrected chi connectivity index (χ4v) is 2.67. The van der Waals surface area contributed by atoms with E-state index >= 15 is 0 Å². The van der Waals surface area contributed by atoms with Crippen molar-refractivity contribution in [1.29, 1.82) is 0 Å². The molecule has 0 aliphatic heterocycles. The number of halogens is 1. The molecular formula is C12H24IO2-. The van der Waals surface area contributed by atoms with Gasteiger partial charge in [0.2, 0.25) is 0 Å². The fraction of sp³-hybridized carbons (Fsp3) is 0.917. The number of rotatable bonds is 9. The van der Waals surface area contributed by atoms with Gasteiger partial charge < -0.3 is 0 Å². The van der Waals surface area contributed by atoms with Crippen molar-refractivity contribution in [1.82, 2.24) is 0 Å². The Morgan fingerprint density at radius 2 is 2.00 bits per heavy atom.